The molecule has 1 aromatic carbocycles. The van der Waals surface area contributed by atoms with Crippen molar-refractivity contribution in [2.45, 2.75) is 25.4 Å². The van der Waals surface area contributed by atoms with Crippen molar-refractivity contribution in [2.75, 3.05) is 7.11 Å². The van der Waals surface area contributed by atoms with Crippen LogP contribution in [0, 0.1) is 5.82 Å². The van der Waals surface area contributed by atoms with Crippen LogP contribution in [0.2, 0.25) is 0 Å². The zero-order valence-corrected chi connectivity index (χ0v) is 10.0. The quantitative estimate of drug-likeness (QED) is 0.840. The lowest BCUT2D eigenvalue weighted by molar-refractivity contribution is 0.116. The van der Waals surface area contributed by atoms with Gasteiger partial charge in [0.15, 0.2) is 11.5 Å². The Bertz CT molecular complexity index is 364. The molecule has 1 aromatic rings. The molecule has 0 aliphatic heterocycles. The largest absolute Gasteiger partial charge is 0.493 e. The van der Waals surface area contributed by atoms with Crippen molar-refractivity contribution in [2.24, 2.45) is 0 Å². The lowest BCUT2D eigenvalue weighted by Crippen LogP contribution is -2.24. The molecule has 0 saturated heterocycles. The van der Waals surface area contributed by atoms with Crippen LogP contribution in [0.25, 0.3) is 0 Å². The van der Waals surface area contributed by atoms with Crippen LogP contribution in [0.15, 0.2) is 16.6 Å². The Morgan fingerprint density at radius 2 is 2.07 bits per heavy atom. The Balaban J connectivity index is 2.23. The van der Waals surface area contributed by atoms with Gasteiger partial charge in [0.05, 0.1) is 17.7 Å². The van der Waals surface area contributed by atoms with Gasteiger partial charge >= 0.3 is 0 Å². The Morgan fingerprint density at radius 3 is 2.60 bits per heavy atom. The fraction of sp³-hybridized carbons (Fsp3) is 0.455. The third kappa shape index (κ3) is 2.25. The van der Waals surface area contributed by atoms with E-state index in [1.165, 1.54) is 19.6 Å². The lowest BCUT2D eigenvalue weighted by atomic mass is 9.96. The first kappa shape index (κ1) is 10.7. The van der Waals surface area contributed by atoms with Crippen molar-refractivity contribution >= 4 is 15.9 Å². The zero-order valence-electron chi connectivity index (χ0n) is 8.43. The second kappa shape index (κ2) is 4.39. The van der Waals surface area contributed by atoms with Gasteiger partial charge in [-0.2, -0.15) is 0 Å². The molecule has 0 radical (unpaired) electrons. The van der Waals surface area contributed by atoms with E-state index in [2.05, 4.69) is 15.9 Å². The highest BCUT2D eigenvalue weighted by molar-refractivity contribution is 9.10. The summed E-state index contributed by atoms with van der Waals surface area (Å²) in [5, 5.41) is 0. The normalized spacial score (nSPS) is 15.9. The van der Waals surface area contributed by atoms with E-state index in [1.54, 1.807) is 6.07 Å². The molecule has 2 nitrogen and oxygen atoms in total. The maximum atomic E-state index is 13.2. The Morgan fingerprint density at radius 1 is 1.33 bits per heavy atom. The van der Waals surface area contributed by atoms with Gasteiger partial charge in [0, 0.05) is 12.1 Å². The van der Waals surface area contributed by atoms with Crippen molar-refractivity contribution in [1.29, 1.82) is 0 Å². The molecule has 15 heavy (non-hydrogen) atoms. The summed E-state index contributed by atoms with van der Waals surface area (Å²) in [6.07, 6.45) is 3.60. The third-order valence-electron chi connectivity index (χ3n) is 2.55. The number of rotatable bonds is 3. The summed E-state index contributed by atoms with van der Waals surface area (Å²) < 4.78 is 24.3. The average Bonchev–Trinajstić information content (AvgIpc) is 2.16. The molecule has 0 amide bonds. The highest BCUT2D eigenvalue weighted by Gasteiger charge is 2.21. The van der Waals surface area contributed by atoms with Crippen LogP contribution < -0.4 is 9.47 Å². The monoisotopic (exact) mass is 274 g/mol. The number of benzene rings is 1. The number of methoxy groups -OCH3 is 1. The summed E-state index contributed by atoms with van der Waals surface area (Å²) >= 11 is 3.13. The minimum atomic E-state index is -0.340. The molecule has 4 heteroatoms. The average molecular weight is 275 g/mol. The van der Waals surface area contributed by atoms with E-state index >= 15 is 0 Å². The van der Waals surface area contributed by atoms with Crippen LogP contribution >= 0.6 is 15.9 Å². The third-order valence-corrected chi connectivity index (χ3v) is 3.16. The molecule has 1 saturated carbocycles. The molecule has 2 rings (SSSR count). The molecular weight excluding hydrogens is 263 g/mol. The number of hydrogen-bond donors (Lipinski definition) is 0. The van der Waals surface area contributed by atoms with Gasteiger partial charge in [-0.3, -0.25) is 0 Å². The first-order valence-electron chi connectivity index (χ1n) is 4.90. The van der Waals surface area contributed by atoms with Crippen molar-refractivity contribution in [3.8, 4) is 11.5 Å². The van der Waals surface area contributed by atoms with Crippen LogP contribution in [-0.2, 0) is 0 Å². The Labute approximate surface area is 96.5 Å². The first-order valence-corrected chi connectivity index (χ1v) is 5.69. The maximum Gasteiger partial charge on any atom is 0.163 e. The van der Waals surface area contributed by atoms with Gasteiger partial charge < -0.3 is 9.47 Å². The van der Waals surface area contributed by atoms with Crippen molar-refractivity contribution in [1.82, 2.24) is 0 Å². The van der Waals surface area contributed by atoms with Crippen LogP contribution in [-0.4, -0.2) is 13.2 Å². The molecule has 0 heterocycles. The van der Waals surface area contributed by atoms with Gasteiger partial charge in [0.2, 0.25) is 0 Å². The summed E-state index contributed by atoms with van der Waals surface area (Å²) in [5.41, 5.74) is 0. The minimum Gasteiger partial charge on any atom is -0.493 e. The van der Waals surface area contributed by atoms with E-state index in [0.717, 1.165) is 12.8 Å². The van der Waals surface area contributed by atoms with Crippen LogP contribution in [0.3, 0.4) is 0 Å². The molecule has 1 aliphatic rings. The van der Waals surface area contributed by atoms with Gasteiger partial charge in [0.25, 0.3) is 0 Å². The number of ether oxygens (including phenoxy) is 2. The molecule has 0 spiro atoms. The van der Waals surface area contributed by atoms with E-state index in [4.69, 9.17) is 9.47 Å². The van der Waals surface area contributed by atoms with Gasteiger partial charge in [-0.15, -0.1) is 0 Å². The van der Waals surface area contributed by atoms with Crippen molar-refractivity contribution in [3.05, 3.63) is 22.4 Å². The second-order valence-electron chi connectivity index (χ2n) is 3.59. The molecular formula is C11H12BrFO2. The summed E-state index contributed by atoms with van der Waals surface area (Å²) in [5.74, 6) is 0.714. The highest BCUT2D eigenvalue weighted by atomic mass is 79.9. The molecule has 82 valence electrons. The molecule has 1 fully saturated rings. The smallest absolute Gasteiger partial charge is 0.163 e. The first-order chi connectivity index (χ1) is 7.20. The molecule has 0 N–H and O–H groups in total. The van der Waals surface area contributed by atoms with E-state index in [1.807, 2.05) is 0 Å². The van der Waals surface area contributed by atoms with E-state index < -0.39 is 0 Å². The molecule has 0 unspecified atom stereocenters. The Kier molecular flexibility index (Phi) is 3.14. The van der Waals surface area contributed by atoms with E-state index in [0.29, 0.717) is 16.0 Å². The van der Waals surface area contributed by atoms with Crippen LogP contribution in [0.5, 0.6) is 11.5 Å². The van der Waals surface area contributed by atoms with Gasteiger partial charge in [-0.05, 0) is 35.2 Å². The summed E-state index contributed by atoms with van der Waals surface area (Å²) in [4.78, 5) is 0. The van der Waals surface area contributed by atoms with Crippen molar-refractivity contribution in [3.63, 3.8) is 0 Å². The molecule has 0 aromatic heterocycles. The maximum absolute atomic E-state index is 13.2. The fourth-order valence-corrected chi connectivity index (χ4v) is 1.75. The zero-order chi connectivity index (χ0) is 10.8. The summed E-state index contributed by atoms with van der Waals surface area (Å²) in [7, 11) is 1.51. The summed E-state index contributed by atoms with van der Waals surface area (Å²) in [6, 6.07) is 2.95. The minimum absolute atomic E-state index is 0.260. The van der Waals surface area contributed by atoms with Gasteiger partial charge in [-0.1, -0.05) is 0 Å². The van der Waals surface area contributed by atoms with Crippen LogP contribution in [0.1, 0.15) is 19.3 Å². The second-order valence-corrected chi connectivity index (χ2v) is 4.44. The molecule has 0 atom stereocenters. The predicted molar refractivity (Wildman–Crippen MR) is 58.9 cm³/mol. The Hall–Kier alpha value is -0.770. The van der Waals surface area contributed by atoms with Crippen LogP contribution in [0.4, 0.5) is 4.39 Å². The standard InChI is InChI=1S/C11H12BrFO2/c1-14-10-6-9(13)8(12)5-11(10)15-7-3-2-4-7/h5-7H,2-4H2,1H3. The van der Waals surface area contributed by atoms with Gasteiger partial charge in [-0.25, -0.2) is 4.39 Å². The SMILES string of the molecule is COc1cc(F)c(Br)cc1OC1CCC1. The molecule has 1 aliphatic carbocycles. The van der Waals surface area contributed by atoms with E-state index in [9.17, 15) is 4.39 Å². The lowest BCUT2D eigenvalue weighted by Gasteiger charge is -2.27. The fourth-order valence-electron chi connectivity index (χ4n) is 1.43. The highest BCUT2D eigenvalue weighted by Crippen LogP contribution is 2.35. The van der Waals surface area contributed by atoms with Crippen molar-refractivity contribution < 1.29 is 13.9 Å². The summed E-state index contributed by atoms with van der Waals surface area (Å²) in [6.45, 7) is 0. The topological polar surface area (TPSA) is 18.5 Å². The number of halogens is 2. The predicted octanol–water partition coefficient (Wildman–Crippen LogP) is 3.53. The molecule has 0 bridgehead atoms. The number of hydrogen-bond acceptors (Lipinski definition) is 2. The van der Waals surface area contributed by atoms with Gasteiger partial charge in [0.1, 0.15) is 5.82 Å². The van der Waals surface area contributed by atoms with E-state index in [-0.39, 0.29) is 11.9 Å².